The van der Waals surface area contributed by atoms with E-state index in [0.29, 0.717) is 5.92 Å². The highest BCUT2D eigenvalue weighted by Gasteiger charge is 2.37. The number of carboxylic acids is 1. The number of amides is 2. The van der Waals surface area contributed by atoms with Crippen LogP contribution in [0.15, 0.2) is 36.4 Å². The van der Waals surface area contributed by atoms with Crippen LogP contribution in [0.5, 0.6) is 0 Å². The van der Waals surface area contributed by atoms with Crippen LogP contribution in [0.25, 0.3) is 10.8 Å². The molecule has 0 heterocycles. The Morgan fingerprint density at radius 1 is 1.18 bits per heavy atom. The van der Waals surface area contributed by atoms with E-state index in [2.05, 4.69) is 21.6 Å². The highest BCUT2D eigenvalue weighted by Crippen LogP contribution is 2.34. The Morgan fingerprint density at radius 2 is 1.93 bits per heavy atom. The van der Waals surface area contributed by atoms with Gasteiger partial charge < -0.3 is 15.7 Å². The lowest BCUT2D eigenvalue weighted by Crippen LogP contribution is -2.55. The smallest absolute Gasteiger partial charge is 0.319 e. The normalized spacial score (nSPS) is 21.4. The highest BCUT2D eigenvalue weighted by molar-refractivity contribution is 6.02. The standard InChI is InChI=1S/C22H27N3O3/c1-14-8-16-4-2-3-5-19(16)20(9-14)24-22(28)23-17-10-18(11-17)25(13-21(26)27)12-15-6-7-15/h2-5,8-9,15,17-18H,6-7,10-13H2,1H3,(H,26,27)(H2,23,24,28). The first-order chi connectivity index (χ1) is 13.5. The van der Waals surface area contributed by atoms with E-state index < -0.39 is 5.97 Å². The van der Waals surface area contributed by atoms with Crippen LogP contribution in [0.4, 0.5) is 10.5 Å². The third-order valence-corrected chi connectivity index (χ3v) is 5.75. The minimum absolute atomic E-state index is 0.0926. The van der Waals surface area contributed by atoms with Crippen LogP contribution in [0, 0.1) is 12.8 Å². The number of fused-ring (bicyclic) bond motifs is 1. The number of urea groups is 1. The highest BCUT2D eigenvalue weighted by atomic mass is 16.4. The Labute approximate surface area is 164 Å². The van der Waals surface area contributed by atoms with Crippen molar-refractivity contribution in [2.75, 3.05) is 18.4 Å². The van der Waals surface area contributed by atoms with Gasteiger partial charge in [0.05, 0.1) is 12.2 Å². The second-order valence-electron chi connectivity index (χ2n) is 8.22. The summed E-state index contributed by atoms with van der Waals surface area (Å²) in [6.07, 6.45) is 4.03. The number of nitrogens with zero attached hydrogens (tertiary/aromatic N) is 1. The molecule has 2 aliphatic carbocycles. The number of rotatable bonds is 7. The van der Waals surface area contributed by atoms with Gasteiger partial charge in [0.25, 0.3) is 0 Å². The Balaban J connectivity index is 1.32. The van der Waals surface area contributed by atoms with Gasteiger partial charge in [0.15, 0.2) is 0 Å². The summed E-state index contributed by atoms with van der Waals surface area (Å²) in [7, 11) is 0. The first-order valence-corrected chi connectivity index (χ1v) is 10.0. The molecule has 0 aliphatic heterocycles. The van der Waals surface area contributed by atoms with Gasteiger partial charge in [-0.2, -0.15) is 0 Å². The molecule has 4 rings (SSSR count). The number of anilines is 1. The van der Waals surface area contributed by atoms with E-state index >= 15 is 0 Å². The van der Waals surface area contributed by atoms with Crippen molar-refractivity contribution in [2.24, 2.45) is 5.92 Å². The Hall–Kier alpha value is -2.60. The number of hydrogen-bond donors (Lipinski definition) is 3. The van der Waals surface area contributed by atoms with E-state index in [4.69, 9.17) is 5.11 Å². The number of aliphatic carboxylic acids is 1. The molecular formula is C22H27N3O3. The zero-order valence-electron chi connectivity index (χ0n) is 16.1. The van der Waals surface area contributed by atoms with E-state index in [0.717, 1.165) is 41.4 Å². The molecule has 2 saturated carbocycles. The van der Waals surface area contributed by atoms with Crippen molar-refractivity contribution in [1.82, 2.24) is 10.2 Å². The van der Waals surface area contributed by atoms with Crippen molar-refractivity contribution in [3.63, 3.8) is 0 Å². The number of benzene rings is 2. The summed E-state index contributed by atoms with van der Waals surface area (Å²) in [4.78, 5) is 25.7. The first kappa shape index (κ1) is 18.7. The maximum Gasteiger partial charge on any atom is 0.319 e. The van der Waals surface area contributed by atoms with E-state index in [1.54, 1.807) is 0 Å². The van der Waals surface area contributed by atoms with Crippen molar-refractivity contribution in [3.8, 4) is 0 Å². The third kappa shape index (κ3) is 4.44. The Morgan fingerprint density at radius 3 is 2.64 bits per heavy atom. The predicted molar refractivity (Wildman–Crippen MR) is 110 cm³/mol. The number of carbonyl (C=O) groups excluding carboxylic acids is 1. The molecule has 2 fully saturated rings. The lowest BCUT2D eigenvalue weighted by atomic mass is 9.85. The molecule has 2 aromatic rings. The van der Waals surface area contributed by atoms with Crippen LogP contribution in [0.1, 0.15) is 31.2 Å². The molecule has 2 aromatic carbocycles. The topological polar surface area (TPSA) is 81.7 Å². The Kier molecular flexibility index (Phi) is 5.22. The molecule has 3 N–H and O–H groups in total. The van der Waals surface area contributed by atoms with E-state index in [-0.39, 0.29) is 24.7 Å². The van der Waals surface area contributed by atoms with Gasteiger partial charge in [0.2, 0.25) is 0 Å². The van der Waals surface area contributed by atoms with E-state index in [1.165, 1.54) is 12.8 Å². The molecule has 6 heteroatoms. The minimum Gasteiger partial charge on any atom is -0.480 e. The lowest BCUT2D eigenvalue weighted by Gasteiger charge is -2.42. The van der Waals surface area contributed by atoms with Crippen molar-refractivity contribution >= 4 is 28.5 Å². The van der Waals surface area contributed by atoms with E-state index in [9.17, 15) is 9.59 Å². The molecule has 0 saturated heterocycles. The largest absolute Gasteiger partial charge is 0.480 e. The molecule has 28 heavy (non-hydrogen) atoms. The quantitative estimate of drug-likeness (QED) is 0.684. The molecule has 0 unspecified atom stereocenters. The van der Waals surface area contributed by atoms with Crippen LogP contribution in [-0.4, -0.2) is 47.2 Å². The lowest BCUT2D eigenvalue weighted by molar-refractivity contribution is -0.139. The van der Waals surface area contributed by atoms with Gasteiger partial charge in [-0.25, -0.2) is 4.79 Å². The number of nitrogens with one attached hydrogen (secondary N) is 2. The van der Waals surface area contributed by atoms with Gasteiger partial charge in [-0.1, -0.05) is 30.3 Å². The van der Waals surface area contributed by atoms with Crippen molar-refractivity contribution in [1.29, 1.82) is 0 Å². The van der Waals surface area contributed by atoms with Crippen molar-refractivity contribution in [3.05, 3.63) is 42.0 Å². The number of carboxylic acid groups (broad SMARTS) is 1. The maximum absolute atomic E-state index is 12.5. The SMILES string of the molecule is Cc1cc(NC(=O)NC2CC(N(CC(=O)O)CC3CC3)C2)c2ccccc2c1. The summed E-state index contributed by atoms with van der Waals surface area (Å²) in [6, 6.07) is 12.2. The summed E-state index contributed by atoms with van der Waals surface area (Å²) in [6.45, 7) is 2.98. The summed E-state index contributed by atoms with van der Waals surface area (Å²) in [5.74, 6) is -0.120. The van der Waals surface area contributed by atoms with Gasteiger partial charge in [-0.15, -0.1) is 0 Å². The number of aryl methyl sites for hydroxylation is 1. The fourth-order valence-corrected chi connectivity index (χ4v) is 4.06. The average Bonchev–Trinajstić information content (AvgIpc) is 3.40. The molecule has 0 aromatic heterocycles. The minimum atomic E-state index is -0.777. The Bertz CT molecular complexity index is 888. The van der Waals surface area contributed by atoms with Gasteiger partial charge in [0, 0.05) is 24.0 Å². The molecule has 0 bridgehead atoms. The van der Waals surface area contributed by atoms with Gasteiger partial charge in [-0.05, 0) is 55.5 Å². The molecule has 2 amide bonds. The molecule has 148 valence electrons. The van der Waals surface area contributed by atoms with Crippen LogP contribution in [0.3, 0.4) is 0 Å². The summed E-state index contributed by atoms with van der Waals surface area (Å²) >= 11 is 0. The van der Waals surface area contributed by atoms with Gasteiger partial charge in [-0.3, -0.25) is 9.69 Å². The summed E-state index contributed by atoms with van der Waals surface area (Å²) in [5, 5.41) is 17.3. The number of hydrogen-bond acceptors (Lipinski definition) is 3. The fraction of sp³-hybridized carbons (Fsp3) is 0.455. The zero-order valence-corrected chi connectivity index (χ0v) is 16.1. The van der Waals surface area contributed by atoms with Crippen LogP contribution in [-0.2, 0) is 4.79 Å². The zero-order chi connectivity index (χ0) is 19.7. The summed E-state index contributed by atoms with van der Waals surface area (Å²) in [5.41, 5.74) is 1.91. The second kappa shape index (κ2) is 7.80. The molecule has 2 aliphatic rings. The van der Waals surface area contributed by atoms with Gasteiger partial charge in [0.1, 0.15) is 0 Å². The summed E-state index contributed by atoms with van der Waals surface area (Å²) < 4.78 is 0. The van der Waals surface area contributed by atoms with Crippen LogP contribution in [0.2, 0.25) is 0 Å². The van der Waals surface area contributed by atoms with Crippen molar-refractivity contribution in [2.45, 2.75) is 44.7 Å². The first-order valence-electron chi connectivity index (χ1n) is 10.0. The fourth-order valence-electron chi connectivity index (χ4n) is 4.06. The maximum atomic E-state index is 12.5. The molecular weight excluding hydrogens is 354 g/mol. The molecule has 0 radical (unpaired) electrons. The molecule has 0 spiro atoms. The molecule has 6 nitrogen and oxygen atoms in total. The average molecular weight is 381 g/mol. The van der Waals surface area contributed by atoms with Gasteiger partial charge >= 0.3 is 12.0 Å². The van der Waals surface area contributed by atoms with E-state index in [1.807, 2.05) is 37.3 Å². The predicted octanol–water partition coefficient (Wildman–Crippen LogP) is 3.60. The second-order valence-corrected chi connectivity index (χ2v) is 8.22. The molecule has 0 atom stereocenters. The monoisotopic (exact) mass is 381 g/mol. The van der Waals surface area contributed by atoms with Crippen LogP contribution < -0.4 is 10.6 Å². The number of carbonyl (C=O) groups is 2. The van der Waals surface area contributed by atoms with Crippen LogP contribution >= 0.6 is 0 Å². The third-order valence-electron chi connectivity index (χ3n) is 5.75. The van der Waals surface area contributed by atoms with Crippen molar-refractivity contribution < 1.29 is 14.7 Å².